The average Bonchev–Trinajstić information content (AvgIpc) is 2.65. The number of likely N-dealkylation sites (tertiary alicyclic amines) is 1. The molecule has 142 valence electrons. The molecule has 0 aliphatic carbocycles. The van der Waals surface area contributed by atoms with Crippen molar-refractivity contribution in [3.05, 3.63) is 17.7 Å². The third-order valence-corrected chi connectivity index (χ3v) is 4.65. The number of nitrogens with one attached hydrogen (secondary N) is 1. The van der Waals surface area contributed by atoms with Crippen molar-refractivity contribution in [2.45, 2.75) is 19.4 Å². The molecule has 0 spiro atoms. The minimum atomic E-state index is -0.368. The maximum atomic E-state index is 12.5. The maximum Gasteiger partial charge on any atom is 0.231 e. The van der Waals surface area contributed by atoms with Crippen LogP contribution < -0.4 is 25.3 Å². The number of nitrogens with two attached hydrogens (primary N) is 1. The second-order valence-corrected chi connectivity index (χ2v) is 6.57. The summed E-state index contributed by atoms with van der Waals surface area (Å²) in [4.78, 5) is 25.6. The molecule has 2 heterocycles. The van der Waals surface area contributed by atoms with Crippen LogP contribution in [-0.4, -0.2) is 56.7 Å². The quantitative estimate of drug-likeness (QED) is 0.753. The number of carbonyl (C=O) groups excluding carboxylic acids is 2. The fraction of sp³-hybridized carbons (Fsp3) is 0.556. The summed E-state index contributed by atoms with van der Waals surface area (Å²) < 4.78 is 16.5. The minimum absolute atomic E-state index is 0.0314. The molecule has 1 aromatic rings. The Labute approximate surface area is 152 Å². The van der Waals surface area contributed by atoms with Crippen LogP contribution in [0, 0.1) is 5.92 Å². The molecule has 1 atom stereocenters. The van der Waals surface area contributed by atoms with Crippen LogP contribution in [0.25, 0.3) is 0 Å². The topological polar surface area (TPSA) is 103 Å². The SMILES string of the molecule is COc1cc2c(cc1CNC(=O)[C@H]1CCCN(CC(N)=O)C1)OCCO2. The molecule has 0 aromatic heterocycles. The Bertz CT molecular complexity index is 679. The Balaban J connectivity index is 1.61. The maximum absolute atomic E-state index is 12.5. The number of fused-ring (bicyclic) bond motifs is 1. The highest BCUT2D eigenvalue weighted by molar-refractivity contribution is 5.79. The van der Waals surface area contributed by atoms with Crippen LogP contribution >= 0.6 is 0 Å². The first kappa shape index (κ1) is 18.3. The lowest BCUT2D eigenvalue weighted by Gasteiger charge is -2.31. The van der Waals surface area contributed by atoms with Gasteiger partial charge in [0.05, 0.1) is 19.6 Å². The van der Waals surface area contributed by atoms with E-state index in [2.05, 4.69) is 5.32 Å². The molecule has 0 saturated carbocycles. The Morgan fingerprint density at radius 2 is 2.04 bits per heavy atom. The van der Waals surface area contributed by atoms with Gasteiger partial charge < -0.3 is 25.3 Å². The lowest BCUT2D eigenvalue weighted by molar-refractivity contribution is -0.128. The van der Waals surface area contributed by atoms with Gasteiger partial charge in [-0.05, 0) is 25.5 Å². The third kappa shape index (κ3) is 4.37. The number of amides is 2. The molecule has 3 rings (SSSR count). The van der Waals surface area contributed by atoms with Crippen LogP contribution in [0.3, 0.4) is 0 Å². The molecule has 1 aromatic carbocycles. The first-order chi connectivity index (χ1) is 12.6. The predicted molar refractivity (Wildman–Crippen MR) is 94.2 cm³/mol. The van der Waals surface area contributed by atoms with E-state index in [-0.39, 0.29) is 24.3 Å². The van der Waals surface area contributed by atoms with E-state index in [0.29, 0.717) is 43.6 Å². The summed E-state index contributed by atoms with van der Waals surface area (Å²) in [5, 5.41) is 2.97. The molecule has 26 heavy (non-hydrogen) atoms. The highest BCUT2D eigenvalue weighted by Crippen LogP contribution is 2.36. The number of rotatable bonds is 6. The van der Waals surface area contributed by atoms with Gasteiger partial charge in [0.1, 0.15) is 19.0 Å². The Hall–Kier alpha value is -2.48. The van der Waals surface area contributed by atoms with Crippen molar-refractivity contribution >= 4 is 11.8 Å². The van der Waals surface area contributed by atoms with Crippen molar-refractivity contribution in [3.8, 4) is 17.2 Å². The fourth-order valence-corrected chi connectivity index (χ4v) is 3.40. The van der Waals surface area contributed by atoms with Gasteiger partial charge in [0.2, 0.25) is 11.8 Å². The third-order valence-electron chi connectivity index (χ3n) is 4.65. The van der Waals surface area contributed by atoms with Crippen molar-refractivity contribution < 1.29 is 23.8 Å². The highest BCUT2D eigenvalue weighted by Gasteiger charge is 2.26. The van der Waals surface area contributed by atoms with Crippen molar-refractivity contribution in [2.24, 2.45) is 11.7 Å². The van der Waals surface area contributed by atoms with E-state index in [4.69, 9.17) is 19.9 Å². The molecular formula is C18H25N3O5. The highest BCUT2D eigenvalue weighted by atomic mass is 16.6. The zero-order valence-electron chi connectivity index (χ0n) is 15.0. The summed E-state index contributed by atoms with van der Waals surface area (Å²) in [6.07, 6.45) is 1.68. The average molecular weight is 363 g/mol. The van der Waals surface area contributed by atoms with Gasteiger partial charge in [-0.15, -0.1) is 0 Å². The molecule has 0 unspecified atom stereocenters. The van der Waals surface area contributed by atoms with E-state index in [1.807, 2.05) is 11.0 Å². The van der Waals surface area contributed by atoms with Gasteiger partial charge in [-0.2, -0.15) is 0 Å². The Morgan fingerprint density at radius 3 is 2.73 bits per heavy atom. The zero-order chi connectivity index (χ0) is 18.5. The van der Waals surface area contributed by atoms with Crippen molar-refractivity contribution in [1.29, 1.82) is 0 Å². The van der Waals surface area contributed by atoms with Crippen LogP contribution in [-0.2, 0) is 16.1 Å². The number of nitrogens with zero attached hydrogens (tertiary/aromatic N) is 1. The van der Waals surface area contributed by atoms with Crippen molar-refractivity contribution in [1.82, 2.24) is 10.2 Å². The lowest BCUT2D eigenvalue weighted by atomic mass is 9.97. The lowest BCUT2D eigenvalue weighted by Crippen LogP contribution is -2.45. The first-order valence-electron chi connectivity index (χ1n) is 8.81. The number of ether oxygens (including phenoxy) is 3. The number of methoxy groups -OCH3 is 1. The number of hydrogen-bond donors (Lipinski definition) is 2. The molecule has 0 radical (unpaired) electrons. The fourth-order valence-electron chi connectivity index (χ4n) is 3.40. The summed E-state index contributed by atoms with van der Waals surface area (Å²) in [6.45, 7) is 2.89. The van der Waals surface area contributed by atoms with E-state index < -0.39 is 0 Å². The summed E-state index contributed by atoms with van der Waals surface area (Å²) in [6, 6.07) is 3.62. The van der Waals surface area contributed by atoms with Crippen molar-refractivity contribution in [3.63, 3.8) is 0 Å². The van der Waals surface area contributed by atoms with Gasteiger partial charge in [0.15, 0.2) is 11.5 Å². The second-order valence-electron chi connectivity index (χ2n) is 6.57. The molecule has 2 amide bonds. The zero-order valence-corrected chi connectivity index (χ0v) is 15.0. The number of primary amides is 1. The van der Waals surface area contributed by atoms with Crippen molar-refractivity contribution in [2.75, 3.05) is 40.0 Å². The number of carbonyl (C=O) groups is 2. The van der Waals surface area contributed by atoms with Gasteiger partial charge in [-0.25, -0.2) is 0 Å². The monoisotopic (exact) mass is 363 g/mol. The summed E-state index contributed by atoms with van der Waals surface area (Å²) in [5.74, 6) is 1.41. The summed E-state index contributed by atoms with van der Waals surface area (Å²) in [5.41, 5.74) is 6.08. The molecule has 0 bridgehead atoms. The van der Waals surface area contributed by atoms with Crippen LogP contribution in [0.4, 0.5) is 0 Å². The Kier molecular flexibility index (Phi) is 5.82. The van der Waals surface area contributed by atoms with Crippen LogP contribution in [0.5, 0.6) is 17.2 Å². The Morgan fingerprint density at radius 1 is 1.31 bits per heavy atom. The molecule has 2 aliphatic heterocycles. The van der Waals surface area contributed by atoms with Crippen LogP contribution in [0.2, 0.25) is 0 Å². The summed E-state index contributed by atoms with van der Waals surface area (Å²) >= 11 is 0. The molecule has 2 aliphatic rings. The standard InChI is InChI=1S/C18H25N3O5/c1-24-14-8-16-15(25-5-6-26-16)7-13(14)9-20-18(23)12-3-2-4-21(10-12)11-17(19)22/h7-8,12H,2-6,9-11H2,1H3,(H2,19,22)(H,20,23)/t12-/m0/s1. The second kappa shape index (κ2) is 8.27. The predicted octanol–water partition coefficient (Wildman–Crippen LogP) is 0.280. The van der Waals surface area contributed by atoms with Gasteiger partial charge >= 0.3 is 0 Å². The number of piperidine rings is 1. The van der Waals surface area contributed by atoms with E-state index in [1.165, 1.54) is 0 Å². The van der Waals surface area contributed by atoms with E-state index in [0.717, 1.165) is 24.9 Å². The van der Waals surface area contributed by atoms with E-state index in [1.54, 1.807) is 13.2 Å². The van der Waals surface area contributed by atoms with E-state index in [9.17, 15) is 9.59 Å². The van der Waals surface area contributed by atoms with Gasteiger partial charge in [0, 0.05) is 24.7 Å². The molecule has 1 saturated heterocycles. The smallest absolute Gasteiger partial charge is 0.231 e. The summed E-state index contributed by atoms with van der Waals surface area (Å²) in [7, 11) is 1.58. The van der Waals surface area contributed by atoms with Crippen LogP contribution in [0.1, 0.15) is 18.4 Å². The number of benzene rings is 1. The van der Waals surface area contributed by atoms with Gasteiger partial charge in [0.25, 0.3) is 0 Å². The first-order valence-corrected chi connectivity index (χ1v) is 8.81. The molecular weight excluding hydrogens is 338 g/mol. The van der Waals surface area contributed by atoms with Crippen LogP contribution in [0.15, 0.2) is 12.1 Å². The molecule has 1 fully saturated rings. The van der Waals surface area contributed by atoms with Gasteiger partial charge in [-0.3, -0.25) is 14.5 Å². The minimum Gasteiger partial charge on any atom is -0.496 e. The molecule has 8 nitrogen and oxygen atoms in total. The molecule has 3 N–H and O–H groups in total. The number of hydrogen-bond acceptors (Lipinski definition) is 6. The normalized spacial score (nSPS) is 19.7. The molecule has 8 heteroatoms. The largest absolute Gasteiger partial charge is 0.496 e. The van der Waals surface area contributed by atoms with E-state index >= 15 is 0 Å². The van der Waals surface area contributed by atoms with Gasteiger partial charge in [-0.1, -0.05) is 0 Å².